The van der Waals surface area contributed by atoms with E-state index in [1.165, 1.54) is 6.42 Å². The van der Waals surface area contributed by atoms with Gasteiger partial charge in [0.15, 0.2) is 5.69 Å². The third kappa shape index (κ3) is 3.53. The summed E-state index contributed by atoms with van der Waals surface area (Å²) in [7, 11) is 1.82. The molecule has 1 aliphatic rings. The molecule has 2 aromatic carbocycles. The molecule has 32 heavy (non-hydrogen) atoms. The molecule has 8 heteroatoms. The molecule has 0 atom stereocenters. The van der Waals surface area contributed by atoms with Gasteiger partial charge in [0.2, 0.25) is 0 Å². The maximum atomic E-state index is 12.8. The number of nitrogens with one attached hydrogen (secondary N) is 3. The number of carbonyl (C=O) groups is 2. The van der Waals surface area contributed by atoms with Crippen molar-refractivity contribution in [2.24, 2.45) is 7.05 Å². The number of aromatic amines is 1. The number of para-hydroxylation sites is 1. The third-order valence-electron chi connectivity index (χ3n) is 6.15. The summed E-state index contributed by atoms with van der Waals surface area (Å²) in [4.78, 5) is 25.6. The van der Waals surface area contributed by atoms with E-state index in [-0.39, 0.29) is 11.8 Å². The minimum absolute atomic E-state index is 0.204. The Labute approximate surface area is 185 Å². The van der Waals surface area contributed by atoms with Gasteiger partial charge in [-0.2, -0.15) is 10.2 Å². The molecule has 3 N–H and O–H groups in total. The van der Waals surface area contributed by atoms with Gasteiger partial charge in [-0.25, -0.2) is 0 Å². The van der Waals surface area contributed by atoms with Crippen molar-refractivity contribution in [3.05, 3.63) is 71.2 Å². The van der Waals surface area contributed by atoms with Gasteiger partial charge in [0.05, 0.1) is 11.7 Å². The van der Waals surface area contributed by atoms with Crippen molar-refractivity contribution < 1.29 is 9.59 Å². The van der Waals surface area contributed by atoms with Gasteiger partial charge in [0.1, 0.15) is 5.69 Å². The second-order valence-corrected chi connectivity index (χ2v) is 8.26. The highest BCUT2D eigenvalue weighted by molar-refractivity contribution is 6.11. The van der Waals surface area contributed by atoms with Crippen molar-refractivity contribution in [3.8, 4) is 0 Å². The largest absolute Gasteiger partial charge is 0.321 e. The van der Waals surface area contributed by atoms with Gasteiger partial charge in [-0.3, -0.25) is 19.4 Å². The molecule has 2 heterocycles. The molecule has 4 aromatic rings. The van der Waals surface area contributed by atoms with E-state index in [1.54, 1.807) is 23.0 Å². The summed E-state index contributed by atoms with van der Waals surface area (Å²) in [5, 5.41) is 17.9. The molecule has 0 spiro atoms. The van der Waals surface area contributed by atoms with Crippen LogP contribution in [0.5, 0.6) is 0 Å². The van der Waals surface area contributed by atoms with Crippen molar-refractivity contribution in [3.63, 3.8) is 0 Å². The zero-order valence-corrected chi connectivity index (χ0v) is 18.0. The predicted octanol–water partition coefficient (Wildman–Crippen LogP) is 4.38. The van der Waals surface area contributed by atoms with E-state index in [0.29, 0.717) is 28.7 Å². The fourth-order valence-corrected chi connectivity index (χ4v) is 4.14. The van der Waals surface area contributed by atoms with E-state index in [0.717, 1.165) is 34.9 Å². The van der Waals surface area contributed by atoms with E-state index in [9.17, 15) is 9.59 Å². The fourth-order valence-electron chi connectivity index (χ4n) is 4.14. The van der Waals surface area contributed by atoms with Crippen LogP contribution in [0.15, 0.2) is 48.7 Å². The molecular weight excluding hydrogens is 404 g/mol. The number of rotatable bonds is 5. The van der Waals surface area contributed by atoms with Gasteiger partial charge in [0, 0.05) is 29.4 Å². The lowest BCUT2D eigenvalue weighted by atomic mass is 9.80. The number of aryl methyl sites for hydroxylation is 2. The van der Waals surface area contributed by atoms with Crippen molar-refractivity contribution in [2.75, 3.05) is 10.6 Å². The standard InChI is InChI=1S/C24H24N6O2/c1-14-12-16(26-24(32)22-17-8-3-4-9-20(17)30(2)29-22)10-11-19(14)27-23(31)21-18(13-25-28-21)15-6-5-7-15/h3-4,8-13,15H,5-7H2,1-2H3,(H,25,28)(H,26,32)(H,27,31). The average Bonchev–Trinajstić information content (AvgIpc) is 3.34. The second-order valence-electron chi connectivity index (χ2n) is 8.26. The highest BCUT2D eigenvalue weighted by Gasteiger charge is 2.26. The Bertz CT molecular complexity index is 1330. The van der Waals surface area contributed by atoms with Crippen molar-refractivity contribution >= 4 is 34.1 Å². The zero-order chi connectivity index (χ0) is 22.2. The van der Waals surface area contributed by atoms with Crippen molar-refractivity contribution in [1.29, 1.82) is 0 Å². The molecule has 5 rings (SSSR count). The number of anilines is 2. The number of hydrogen-bond donors (Lipinski definition) is 3. The first kappa shape index (κ1) is 20.0. The molecule has 0 aliphatic heterocycles. The van der Waals surface area contributed by atoms with E-state index in [4.69, 9.17) is 0 Å². The lowest BCUT2D eigenvalue weighted by molar-refractivity contribution is 0.101. The smallest absolute Gasteiger partial charge is 0.276 e. The molecule has 1 saturated carbocycles. The lowest BCUT2D eigenvalue weighted by Gasteiger charge is -2.25. The van der Waals surface area contributed by atoms with Gasteiger partial charge in [-0.15, -0.1) is 0 Å². The Kier molecular flexibility index (Phi) is 4.97. The highest BCUT2D eigenvalue weighted by atomic mass is 16.2. The summed E-state index contributed by atoms with van der Waals surface area (Å²) in [6, 6.07) is 13.0. The van der Waals surface area contributed by atoms with Gasteiger partial charge in [0.25, 0.3) is 11.8 Å². The Morgan fingerprint density at radius 2 is 1.91 bits per heavy atom. The van der Waals surface area contributed by atoms with E-state index >= 15 is 0 Å². The van der Waals surface area contributed by atoms with Crippen LogP contribution in [-0.4, -0.2) is 31.8 Å². The van der Waals surface area contributed by atoms with E-state index in [1.807, 2.05) is 44.3 Å². The summed E-state index contributed by atoms with van der Waals surface area (Å²) in [5.74, 6) is -0.0688. The summed E-state index contributed by atoms with van der Waals surface area (Å²) in [6.07, 6.45) is 5.14. The van der Waals surface area contributed by atoms with Crippen molar-refractivity contribution in [2.45, 2.75) is 32.1 Å². The minimum Gasteiger partial charge on any atom is -0.321 e. The Balaban J connectivity index is 1.31. The molecule has 0 unspecified atom stereocenters. The molecule has 0 saturated heterocycles. The van der Waals surface area contributed by atoms with E-state index in [2.05, 4.69) is 25.9 Å². The monoisotopic (exact) mass is 428 g/mol. The maximum absolute atomic E-state index is 12.8. The molecule has 2 aromatic heterocycles. The first-order valence-corrected chi connectivity index (χ1v) is 10.7. The van der Waals surface area contributed by atoms with Gasteiger partial charge >= 0.3 is 0 Å². The SMILES string of the molecule is Cc1cc(NC(=O)c2nn(C)c3ccccc23)ccc1NC(=O)c1[nH]ncc1C1CCC1. The highest BCUT2D eigenvalue weighted by Crippen LogP contribution is 2.37. The predicted molar refractivity (Wildman–Crippen MR) is 123 cm³/mol. The van der Waals surface area contributed by atoms with Crippen LogP contribution in [0, 0.1) is 6.92 Å². The van der Waals surface area contributed by atoms with E-state index < -0.39 is 0 Å². The molecule has 162 valence electrons. The van der Waals surface area contributed by atoms with Crippen LogP contribution in [0.25, 0.3) is 10.9 Å². The normalized spacial score (nSPS) is 13.7. The van der Waals surface area contributed by atoms with Crippen LogP contribution in [-0.2, 0) is 7.05 Å². The molecular formula is C24H24N6O2. The molecule has 0 bridgehead atoms. The zero-order valence-electron chi connectivity index (χ0n) is 18.0. The Hall–Kier alpha value is -3.94. The molecule has 1 fully saturated rings. The van der Waals surface area contributed by atoms with Crippen LogP contribution >= 0.6 is 0 Å². The molecule has 1 aliphatic carbocycles. The number of carbonyl (C=O) groups excluding carboxylic acids is 2. The Morgan fingerprint density at radius 1 is 1.09 bits per heavy atom. The van der Waals surface area contributed by atoms with Crippen LogP contribution in [0.1, 0.15) is 57.3 Å². The van der Waals surface area contributed by atoms with Crippen LogP contribution in [0.2, 0.25) is 0 Å². The number of amides is 2. The topological polar surface area (TPSA) is 105 Å². The van der Waals surface area contributed by atoms with Crippen LogP contribution < -0.4 is 10.6 Å². The number of aromatic nitrogens is 4. The Morgan fingerprint density at radius 3 is 2.66 bits per heavy atom. The van der Waals surface area contributed by atoms with Gasteiger partial charge in [-0.05, 0) is 55.5 Å². The third-order valence-corrected chi connectivity index (χ3v) is 6.15. The molecule has 2 amide bonds. The quantitative estimate of drug-likeness (QED) is 0.439. The van der Waals surface area contributed by atoms with Crippen LogP contribution in [0.3, 0.4) is 0 Å². The lowest BCUT2D eigenvalue weighted by Crippen LogP contribution is -2.18. The first-order chi connectivity index (χ1) is 15.5. The summed E-state index contributed by atoms with van der Waals surface area (Å²) < 4.78 is 1.70. The number of H-pyrrole nitrogens is 1. The van der Waals surface area contributed by atoms with Crippen molar-refractivity contribution in [1.82, 2.24) is 20.0 Å². The maximum Gasteiger partial charge on any atom is 0.276 e. The molecule has 8 nitrogen and oxygen atoms in total. The van der Waals surface area contributed by atoms with Gasteiger partial charge < -0.3 is 10.6 Å². The summed E-state index contributed by atoms with van der Waals surface area (Å²) in [5.41, 5.74) is 4.94. The fraction of sp³-hybridized carbons (Fsp3) is 0.250. The summed E-state index contributed by atoms with van der Waals surface area (Å²) in [6.45, 7) is 1.89. The second kappa shape index (κ2) is 7.96. The van der Waals surface area contributed by atoms with Crippen LogP contribution in [0.4, 0.5) is 11.4 Å². The minimum atomic E-state index is -0.277. The first-order valence-electron chi connectivity index (χ1n) is 10.7. The number of hydrogen-bond acceptors (Lipinski definition) is 4. The molecule has 0 radical (unpaired) electrons. The number of nitrogens with zero attached hydrogens (tertiary/aromatic N) is 3. The number of benzene rings is 2. The number of fused-ring (bicyclic) bond motifs is 1. The average molecular weight is 428 g/mol. The summed E-state index contributed by atoms with van der Waals surface area (Å²) >= 11 is 0. The van der Waals surface area contributed by atoms with Gasteiger partial charge in [-0.1, -0.05) is 24.6 Å².